The van der Waals surface area contributed by atoms with Gasteiger partial charge in [-0.3, -0.25) is 0 Å². The summed E-state index contributed by atoms with van der Waals surface area (Å²) < 4.78 is 11.3. The minimum atomic E-state index is -1.01. The number of carbonyl (C=O) groups is 1. The fourth-order valence-electron chi connectivity index (χ4n) is 3.72. The van der Waals surface area contributed by atoms with Crippen LogP contribution in [0.25, 0.3) is 5.57 Å². The molecule has 2 aromatic rings. The van der Waals surface area contributed by atoms with Crippen LogP contribution in [0.3, 0.4) is 0 Å². The zero-order valence-electron chi connectivity index (χ0n) is 16.3. The number of carboxylic acids is 1. The van der Waals surface area contributed by atoms with Crippen molar-refractivity contribution in [2.24, 2.45) is 5.92 Å². The first kappa shape index (κ1) is 20.8. The fraction of sp³-hybridized carbons (Fsp3) is 0.333. The smallest absolute Gasteiger partial charge is 0.336 e. The maximum Gasteiger partial charge on any atom is 0.336 e. The van der Waals surface area contributed by atoms with Gasteiger partial charge in [0.15, 0.2) is 0 Å². The minimum absolute atomic E-state index is 0.0394. The number of hydrogen-bond donors (Lipinski definition) is 1. The van der Waals surface area contributed by atoms with Crippen molar-refractivity contribution in [1.82, 2.24) is 0 Å². The topological polar surface area (TPSA) is 79.5 Å². The number of allylic oxidation sites excluding steroid dienone is 1. The second kappa shape index (κ2) is 10.6. The molecule has 5 heteroatoms. The van der Waals surface area contributed by atoms with E-state index in [4.69, 9.17) is 9.47 Å². The van der Waals surface area contributed by atoms with Crippen LogP contribution in [0.4, 0.5) is 0 Å². The highest BCUT2D eigenvalue weighted by Gasteiger charge is 2.27. The zero-order valence-corrected chi connectivity index (χ0v) is 16.3. The number of aliphatic carboxylic acids is 1. The molecule has 2 aromatic carbocycles. The minimum Gasteiger partial charge on any atom is -0.478 e. The number of benzene rings is 2. The molecule has 0 radical (unpaired) electrons. The first-order chi connectivity index (χ1) is 14.2. The highest BCUT2D eigenvalue weighted by molar-refractivity contribution is 6.16. The van der Waals surface area contributed by atoms with Gasteiger partial charge in [0.05, 0.1) is 29.9 Å². The number of nitrogens with zero attached hydrogens (tertiary/aromatic N) is 1. The lowest BCUT2D eigenvalue weighted by molar-refractivity contribution is -0.174. The van der Waals surface area contributed by atoms with E-state index in [2.05, 4.69) is 18.2 Å². The lowest BCUT2D eigenvalue weighted by Gasteiger charge is -2.32. The molecule has 5 nitrogen and oxygen atoms in total. The lowest BCUT2D eigenvalue weighted by atomic mass is 9.90. The Hall–Kier alpha value is -2.94. The molecule has 0 spiro atoms. The Morgan fingerprint density at radius 3 is 2.66 bits per heavy atom. The quantitative estimate of drug-likeness (QED) is 0.509. The summed E-state index contributed by atoms with van der Waals surface area (Å²) in [6.07, 6.45) is 5.17. The van der Waals surface area contributed by atoms with Crippen LogP contribution in [0.2, 0.25) is 0 Å². The van der Waals surface area contributed by atoms with E-state index in [-0.39, 0.29) is 17.6 Å². The number of unbranched alkanes of at least 4 members (excludes halogenated alkanes) is 2. The van der Waals surface area contributed by atoms with Crippen LogP contribution >= 0.6 is 0 Å². The van der Waals surface area contributed by atoms with Gasteiger partial charge in [0, 0.05) is 11.5 Å². The zero-order chi connectivity index (χ0) is 20.5. The van der Waals surface area contributed by atoms with Crippen LogP contribution in [-0.4, -0.2) is 24.5 Å². The van der Waals surface area contributed by atoms with Crippen molar-refractivity contribution in [3.05, 3.63) is 77.4 Å². The number of carboxylic acid groups (broad SMARTS) is 1. The van der Waals surface area contributed by atoms with E-state index >= 15 is 0 Å². The highest BCUT2D eigenvalue weighted by atomic mass is 16.7. The number of hydrogen-bond acceptors (Lipinski definition) is 4. The van der Waals surface area contributed by atoms with Crippen molar-refractivity contribution in [2.75, 3.05) is 13.4 Å². The van der Waals surface area contributed by atoms with Gasteiger partial charge in [0.25, 0.3) is 0 Å². The van der Waals surface area contributed by atoms with Crippen molar-refractivity contribution in [2.45, 2.75) is 31.8 Å². The molecule has 1 heterocycles. The lowest BCUT2D eigenvalue weighted by Crippen LogP contribution is -2.28. The predicted octanol–water partition coefficient (Wildman–Crippen LogP) is 4.95. The van der Waals surface area contributed by atoms with Gasteiger partial charge in [-0.2, -0.15) is 5.26 Å². The highest BCUT2D eigenvalue weighted by Crippen LogP contribution is 2.33. The summed E-state index contributed by atoms with van der Waals surface area (Å²) in [7, 11) is 0. The fourth-order valence-corrected chi connectivity index (χ4v) is 3.72. The molecule has 0 aromatic heterocycles. The largest absolute Gasteiger partial charge is 0.478 e. The summed E-state index contributed by atoms with van der Waals surface area (Å²) >= 11 is 0. The van der Waals surface area contributed by atoms with E-state index in [9.17, 15) is 15.2 Å². The Labute approximate surface area is 171 Å². The van der Waals surface area contributed by atoms with Gasteiger partial charge in [-0.05, 0) is 30.9 Å². The molecule has 0 saturated carbocycles. The van der Waals surface area contributed by atoms with Crippen LogP contribution in [0.1, 0.15) is 48.5 Å². The monoisotopic (exact) mass is 391 g/mol. The molecule has 0 bridgehead atoms. The van der Waals surface area contributed by atoms with Crippen molar-refractivity contribution in [1.29, 1.82) is 5.26 Å². The molecule has 3 rings (SSSR count). The average molecular weight is 391 g/mol. The molecular formula is C24H25NO4. The average Bonchev–Trinajstić information content (AvgIpc) is 2.77. The standard InChI is InChI=1S/C24H25NO4/c25-15-19-11-7-8-13-21(19)22(24(26)27)14-6-2-5-12-20-16-28-17-29-23(20)18-9-3-1-4-10-18/h1,3-4,7-11,13-14,20,23H,2,5-6,12,16-17H2,(H,26,27). The molecule has 1 fully saturated rings. The van der Waals surface area contributed by atoms with E-state index in [1.807, 2.05) is 18.2 Å². The normalized spacial score (nSPS) is 19.5. The van der Waals surface area contributed by atoms with Gasteiger partial charge < -0.3 is 14.6 Å². The van der Waals surface area contributed by atoms with Crippen LogP contribution in [-0.2, 0) is 14.3 Å². The second-order valence-electron chi connectivity index (χ2n) is 7.11. The molecular weight excluding hydrogens is 366 g/mol. The van der Waals surface area contributed by atoms with E-state index in [0.717, 1.165) is 19.3 Å². The van der Waals surface area contributed by atoms with Crippen LogP contribution < -0.4 is 0 Å². The Bertz CT molecular complexity index is 885. The predicted molar refractivity (Wildman–Crippen MR) is 110 cm³/mol. The van der Waals surface area contributed by atoms with Gasteiger partial charge in [-0.25, -0.2) is 4.79 Å². The summed E-state index contributed by atoms with van der Waals surface area (Å²) in [5.41, 5.74) is 2.21. The number of ether oxygens (including phenoxy) is 2. The van der Waals surface area contributed by atoms with Gasteiger partial charge >= 0.3 is 5.97 Å². The summed E-state index contributed by atoms with van der Waals surface area (Å²) in [4.78, 5) is 11.7. The number of rotatable bonds is 8. The summed E-state index contributed by atoms with van der Waals surface area (Å²) in [5.74, 6) is -0.723. The van der Waals surface area contributed by atoms with E-state index in [0.29, 0.717) is 30.9 Å². The first-order valence-corrected chi connectivity index (χ1v) is 9.88. The van der Waals surface area contributed by atoms with Crippen molar-refractivity contribution < 1.29 is 19.4 Å². The molecule has 0 amide bonds. The summed E-state index contributed by atoms with van der Waals surface area (Å²) in [6, 6.07) is 19.1. The third kappa shape index (κ3) is 5.54. The summed E-state index contributed by atoms with van der Waals surface area (Å²) in [5, 5.41) is 18.8. The van der Waals surface area contributed by atoms with Crippen molar-refractivity contribution in [3.63, 3.8) is 0 Å². The third-order valence-corrected chi connectivity index (χ3v) is 5.16. The maximum absolute atomic E-state index is 11.7. The first-order valence-electron chi connectivity index (χ1n) is 9.88. The molecule has 1 N–H and O–H groups in total. The SMILES string of the molecule is N#Cc1ccccc1C(=CCCCCC1COCOC1c1ccccc1)C(=O)O. The van der Waals surface area contributed by atoms with Crippen molar-refractivity contribution >= 4 is 11.5 Å². The molecule has 1 aliphatic rings. The molecule has 150 valence electrons. The second-order valence-corrected chi connectivity index (χ2v) is 7.11. The van der Waals surface area contributed by atoms with E-state index in [1.165, 1.54) is 5.56 Å². The molecule has 29 heavy (non-hydrogen) atoms. The van der Waals surface area contributed by atoms with Crippen LogP contribution in [0.15, 0.2) is 60.7 Å². The van der Waals surface area contributed by atoms with E-state index < -0.39 is 5.97 Å². The van der Waals surface area contributed by atoms with Crippen LogP contribution in [0, 0.1) is 17.2 Å². The van der Waals surface area contributed by atoms with Gasteiger partial charge in [0.2, 0.25) is 0 Å². The Morgan fingerprint density at radius 1 is 1.14 bits per heavy atom. The third-order valence-electron chi connectivity index (χ3n) is 5.16. The molecule has 0 aliphatic carbocycles. The Balaban J connectivity index is 1.57. The van der Waals surface area contributed by atoms with Crippen molar-refractivity contribution in [3.8, 4) is 6.07 Å². The molecule has 1 saturated heterocycles. The van der Waals surface area contributed by atoms with Gasteiger partial charge in [-0.1, -0.05) is 61.0 Å². The summed E-state index contributed by atoms with van der Waals surface area (Å²) in [6.45, 7) is 0.990. The molecule has 2 atom stereocenters. The molecule has 1 aliphatic heterocycles. The van der Waals surface area contributed by atoms with Gasteiger partial charge in [-0.15, -0.1) is 0 Å². The maximum atomic E-state index is 11.7. The molecule has 2 unspecified atom stereocenters. The Kier molecular flexibility index (Phi) is 7.57. The number of nitriles is 1. The van der Waals surface area contributed by atoms with Gasteiger partial charge in [0.1, 0.15) is 6.79 Å². The van der Waals surface area contributed by atoms with Crippen LogP contribution in [0.5, 0.6) is 0 Å². The Morgan fingerprint density at radius 2 is 1.90 bits per heavy atom. The van der Waals surface area contributed by atoms with E-state index in [1.54, 1.807) is 30.3 Å².